The summed E-state index contributed by atoms with van der Waals surface area (Å²) in [5.41, 5.74) is 1.58. The Morgan fingerprint density at radius 2 is 1.88 bits per heavy atom. The van der Waals surface area contributed by atoms with Gasteiger partial charge in [0.2, 0.25) is 0 Å². The Labute approximate surface area is 143 Å². The minimum absolute atomic E-state index is 0.0181. The molecule has 1 unspecified atom stereocenters. The Morgan fingerprint density at radius 1 is 1.08 bits per heavy atom. The lowest BCUT2D eigenvalue weighted by atomic mass is 9.99. The molecule has 2 aliphatic heterocycles. The van der Waals surface area contributed by atoms with Crippen LogP contribution < -0.4 is 4.90 Å². The van der Waals surface area contributed by atoms with Gasteiger partial charge in [0.1, 0.15) is 17.5 Å². The van der Waals surface area contributed by atoms with Crippen LogP contribution in [0.3, 0.4) is 0 Å². The zero-order valence-corrected chi connectivity index (χ0v) is 13.7. The summed E-state index contributed by atoms with van der Waals surface area (Å²) in [5.74, 6) is -0.166. The first-order chi connectivity index (χ1) is 11.6. The average Bonchev–Trinajstić information content (AvgIpc) is 2.81. The number of anilines is 1. The van der Waals surface area contributed by atoms with Gasteiger partial charge in [-0.15, -0.1) is 0 Å². The second-order valence-electron chi connectivity index (χ2n) is 5.90. The molecule has 0 amide bonds. The molecule has 0 spiro atoms. The summed E-state index contributed by atoms with van der Waals surface area (Å²) in [7, 11) is 0. The van der Waals surface area contributed by atoms with E-state index in [9.17, 15) is 8.78 Å². The maximum atomic E-state index is 14.8. The van der Waals surface area contributed by atoms with E-state index in [2.05, 4.69) is 9.98 Å². The van der Waals surface area contributed by atoms with Crippen LogP contribution in [-0.4, -0.2) is 30.7 Å². The van der Waals surface area contributed by atoms with E-state index < -0.39 is 11.6 Å². The van der Waals surface area contributed by atoms with Gasteiger partial charge in [-0.3, -0.25) is 9.98 Å². The van der Waals surface area contributed by atoms with Crippen molar-refractivity contribution in [2.75, 3.05) is 18.0 Å². The maximum Gasteiger partial charge on any atom is 0.149 e. The highest BCUT2D eigenvalue weighted by Gasteiger charge is 2.33. The van der Waals surface area contributed by atoms with Crippen LogP contribution in [0.5, 0.6) is 0 Å². The monoisotopic (exact) mass is 345 g/mol. The number of hydrogen-bond donors (Lipinski definition) is 0. The van der Waals surface area contributed by atoms with Crippen LogP contribution in [0, 0.1) is 11.6 Å². The molecular weight excluding hydrogens is 332 g/mol. The van der Waals surface area contributed by atoms with Crippen molar-refractivity contribution >= 4 is 28.8 Å². The van der Waals surface area contributed by atoms with Crippen molar-refractivity contribution in [1.29, 1.82) is 0 Å². The van der Waals surface area contributed by atoms with E-state index in [1.54, 1.807) is 24.3 Å². The first-order valence-electron chi connectivity index (χ1n) is 7.67. The van der Waals surface area contributed by atoms with Gasteiger partial charge in [-0.05, 0) is 31.2 Å². The second kappa shape index (κ2) is 5.67. The summed E-state index contributed by atoms with van der Waals surface area (Å²) >= 11 is 6.07. The van der Waals surface area contributed by atoms with E-state index in [1.165, 1.54) is 12.1 Å². The summed E-state index contributed by atoms with van der Waals surface area (Å²) in [5, 5.41) is 0.252. The highest BCUT2D eigenvalue weighted by molar-refractivity contribution is 6.32. The third-order valence-corrected chi connectivity index (χ3v) is 4.51. The van der Waals surface area contributed by atoms with Gasteiger partial charge in [-0.2, -0.15) is 0 Å². The molecule has 0 fully saturated rings. The van der Waals surface area contributed by atoms with Crippen LogP contribution in [0.25, 0.3) is 0 Å². The molecular formula is C18H14ClF2N3. The lowest BCUT2D eigenvalue weighted by Crippen LogP contribution is -2.36. The van der Waals surface area contributed by atoms with Crippen molar-refractivity contribution in [3.8, 4) is 0 Å². The Morgan fingerprint density at radius 3 is 2.67 bits per heavy atom. The predicted octanol–water partition coefficient (Wildman–Crippen LogP) is 4.08. The zero-order valence-electron chi connectivity index (χ0n) is 12.9. The van der Waals surface area contributed by atoms with Crippen molar-refractivity contribution in [2.45, 2.75) is 13.0 Å². The van der Waals surface area contributed by atoms with E-state index >= 15 is 0 Å². The van der Waals surface area contributed by atoms with Crippen LogP contribution in [0.1, 0.15) is 18.1 Å². The summed E-state index contributed by atoms with van der Waals surface area (Å²) in [6.07, 6.45) is 0. The molecule has 2 aromatic carbocycles. The zero-order chi connectivity index (χ0) is 16.8. The largest absolute Gasteiger partial charge is 0.321 e. The van der Waals surface area contributed by atoms with Crippen LogP contribution in [0.2, 0.25) is 5.02 Å². The first-order valence-corrected chi connectivity index (χ1v) is 8.05. The predicted molar refractivity (Wildman–Crippen MR) is 92.6 cm³/mol. The molecule has 3 nitrogen and oxygen atoms in total. The topological polar surface area (TPSA) is 28.0 Å². The summed E-state index contributed by atoms with van der Waals surface area (Å²) in [6.45, 7) is 2.84. The van der Waals surface area contributed by atoms with Crippen molar-refractivity contribution in [3.63, 3.8) is 0 Å². The van der Waals surface area contributed by atoms with E-state index in [-0.39, 0.29) is 17.6 Å². The Balaban J connectivity index is 2.01. The Bertz CT molecular complexity index is 892. The van der Waals surface area contributed by atoms with Gasteiger partial charge in [0.05, 0.1) is 30.5 Å². The molecule has 122 valence electrons. The van der Waals surface area contributed by atoms with E-state index in [1.807, 2.05) is 11.8 Å². The molecule has 2 heterocycles. The van der Waals surface area contributed by atoms with Crippen LogP contribution in [0.4, 0.5) is 14.5 Å². The van der Waals surface area contributed by atoms with Crippen LogP contribution in [0.15, 0.2) is 46.4 Å². The molecule has 2 aromatic rings. The van der Waals surface area contributed by atoms with E-state index in [4.69, 9.17) is 11.6 Å². The number of halogens is 3. The highest BCUT2D eigenvalue weighted by Crippen LogP contribution is 2.35. The van der Waals surface area contributed by atoms with Gasteiger partial charge in [-0.25, -0.2) is 8.78 Å². The fourth-order valence-corrected chi connectivity index (χ4v) is 3.44. The Hall–Kier alpha value is -2.27. The minimum atomic E-state index is -0.454. The molecule has 0 bridgehead atoms. The number of nitrogens with zero attached hydrogens (tertiary/aromatic N) is 3. The normalized spacial score (nSPS) is 19.3. The third-order valence-electron chi connectivity index (χ3n) is 4.29. The summed E-state index contributed by atoms with van der Waals surface area (Å²) < 4.78 is 29.1. The standard InChI is InChI=1S/C18H14ClF2N3/c1-10-8-22-16-9-23-17(12-4-2-3-5-14(12)20)13-6-11(19)7-15(21)18(13)24(10)16/h2-7,10H,8-9H2,1H3. The molecule has 1 atom stereocenters. The summed E-state index contributed by atoms with van der Waals surface area (Å²) in [4.78, 5) is 10.8. The number of benzene rings is 2. The lowest BCUT2D eigenvalue weighted by Gasteiger charge is -2.26. The lowest BCUT2D eigenvalue weighted by molar-refractivity contribution is 0.620. The second-order valence-corrected chi connectivity index (χ2v) is 6.34. The number of rotatable bonds is 1. The van der Waals surface area contributed by atoms with E-state index in [0.717, 1.165) is 0 Å². The van der Waals surface area contributed by atoms with Crippen molar-refractivity contribution in [2.24, 2.45) is 9.98 Å². The van der Waals surface area contributed by atoms with Gasteiger partial charge in [0.15, 0.2) is 0 Å². The molecule has 6 heteroatoms. The van der Waals surface area contributed by atoms with Gasteiger partial charge in [0, 0.05) is 16.1 Å². The molecule has 4 rings (SSSR count). The van der Waals surface area contributed by atoms with Crippen molar-refractivity contribution in [3.05, 3.63) is 64.2 Å². The van der Waals surface area contributed by atoms with Gasteiger partial charge in [-0.1, -0.05) is 23.7 Å². The Kier molecular flexibility index (Phi) is 3.61. The fourth-order valence-electron chi connectivity index (χ4n) is 3.24. The fraction of sp³-hybridized carbons (Fsp3) is 0.222. The van der Waals surface area contributed by atoms with Crippen molar-refractivity contribution < 1.29 is 8.78 Å². The molecule has 0 aromatic heterocycles. The molecule has 0 saturated carbocycles. The molecule has 24 heavy (non-hydrogen) atoms. The smallest absolute Gasteiger partial charge is 0.149 e. The first kappa shape index (κ1) is 15.3. The van der Waals surface area contributed by atoms with Crippen LogP contribution in [-0.2, 0) is 0 Å². The van der Waals surface area contributed by atoms with Crippen molar-refractivity contribution in [1.82, 2.24) is 0 Å². The van der Waals surface area contributed by atoms with Gasteiger partial charge in [0.25, 0.3) is 0 Å². The number of hydrogen-bond acceptors (Lipinski definition) is 3. The van der Waals surface area contributed by atoms with E-state index in [0.29, 0.717) is 34.9 Å². The van der Waals surface area contributed by atoms with Crippen LogP contribution >= 0.6 is 11.6 Å². The van der Waals surface area contributed by atoms with Gasteiger partial charge >= 0.3 is 0 Å². The maximum absolute atomic E-state index is 14.8. The highest BCUT2D eigenvalue weighted by atomic mass is 35.5. The molecule has 0 aliphatic carbocycles. The number of amidine groups is 1. The number of aliphatic imine (C=N–C) groups is 2. The average molecular weight is 346 g/mol. The minimum Gasteiger partial charge on any atom is -0.321 e. The SMILES string of the molecule is CC1CN=C2CN=C(c3ccccc3F)c3cc(Cl)cc(F)c3N21. The quantitative estimate of drug-likeness (QED) is 0.765. The summed E-state index contributed by atoms with van der Waals surface area (Å²) in [6, 6.07) is 9.27. The number of fused-ring (bicyclic) bond motifs is 3. The molecule has 0 saturated heterocycles. The van der Waals surface area contributed by atoms with Gasteiger partial charge < -0.3 is 4.90 Å². The molecule has 0 N–H and O–H groups in total. The molecule has 0 radical (unpaired) electrons. The molecule has 2 aliphatic rings. The third kappa shape index (κ3) is 2.31.